The van der Waals surface area contributed by atoms with Crippen molar-refractivity contribution in [2.24, 2.45) is 0 Å². The van der Waals surface area contributed by atoms with Crippen molar-refractivity contribution in [3.8, 4) is 0 Å². The van der Waals surface area contributed by atoms with Gasteiger partial charge < -0.3 is 9.09 Å². The fraction of sp³-hybridized carbons (Fsp3) is 0.308. The third kappa shape index (κ3) is 2.61. The van der Waals surface area contributed by atoms with Crippen molar-refractivity contribution in [2.75, 3.05) is 0 Å². The lowest BCUT2D eigenvalue weighted by molar-refractivity contribution is 0.367. The number of imidazole rings is 1. The minimum atomic E-state index is -0.513. The highest BCUT2D eigenvalue weighted by atomic mass is 35.5. The van der Waals surface area contributed by atoms with E-state index in [2.05, 4.69) is 15.1 Å². The molecule has 21 heavy (non-hydrogen) atoms. The van der Waals surface area contributed by atoms with E-state index < -0.39 is 5.82 Å². The van der Waals surface area contributed by atoms with Gasteiger partial charge in [-0.05, 0) is 19.9 Å². The Labute approximate surface area is 129 Å². The highest BCUT2D eigenvalue weighted by molar-refractivity contribution is 6.31. The van der Waals surface area contributed by atoms with Crippen molar-refractivity contribution < 1.29 is 8.91 Å². The Hall–Kier alpha value is -1.66. The summed E-state index contributed by atoms with van der Waals surface area (Å²) < 4.78 is 20.6. The molecule has 0 saturated carbocycles. The zero-order chi connectivity index (χ0) is 15.1. The highest BCUT2D eigenvalue weighted by Gasteiger charge is 2.18. The van der Waals surface area contributed by atoms with Gasteiger partial charge in [0.1, 0.15) is 18.2 Å². The van der Waals surface area contributed by atoms with Crippen LogP contribution in [-0.4, -0.2) is 19.7 Å². The summed E-state index contributed by atoms with van der Waals surface area (Å²) in [6.45, 7) is 3.78. The van der Waals surface area contributed by atoms with Crippen LogP contribution in [0.1, 0.15) is 29.8 Å². The first-order valence-electron chi connectivity index (χ1n) is 6.24. The van der Waals surface area contributed by atoms with Gasteiger partial charge in [0.2, 0.25) is 5.89 Å². The van der Waals surface area contributed by atoms with E-state index in [1.165, 1.54) is 12.1 Å². The molecule has 8 heteroatoms. The van der Waals surface area contributed by atoms with E-state index in [1.807, 2.05) is 0 Å². The minimum Gasteiger partial charge on any atom is -0.337 e. The summed E-state index contributed by atoms with van der Waals surface area (Å²) in [4.78, 5) is 8.55. The quantitative estimate of drug-likeness (QED) is 0.685. The van der Waals surface area contributed by atoms with Gasteiger partial charge in [-0.3, -0.25) is 0 Å². The molecule has 0 aliphatic rings. The van der Waals surface area contributed by atoms with Crippen molar-refractivity contribution in [3.05, 3.63) is 40.5 Å². The summed E-state index contributed by atoms with van der Waals surface area (Å²) >= 11 is 11.9. The van der Waals surface area contributed by atoms with E-state index in [1.54, 1.807) is 18.4 Å². The molecule has 0 radical (unpaired) electrons. The molecular weight excluding hydrogens is 318 g/mol. The molecule has 2 aromatic heterocycles. The van der Waals surface area contributed by atoms with Crippen LogP contribution in [0.15, 0.2) is 16.7 Å². The molecule has 0 saturated heterocycles. The summed E-state index contributed by atoms with van der Waals surface area (Å²) in [6.07, 6.45) is 0. The topological polar surface area (TPSA) is 56.7 Å². The first-order chi connectivity index (χ1) is 9.95. The Bertz CT molecular complexity index is 812. The van der Waals surface area contributed by atoms with E-state index in [0.717, 1.165) is 0 Å². The van der Waals surface area contributed by atoms with Crippen molar-refractivity contribution in [1.29, 1.82) is 0 Å². The SMILES string of the molecule is Cc1noc(Cn2c(C(C)Cl)nc3cc(Cl)c(F)cc32)n1. The van der Waals surface area contributed by atoms with Crippen LogP contribution in [0.2, 0.25) is 5.02 Å². The zero-order valence-corrected chi connectivity index (χ0v) is 12.8. The second-order valence-electron chi connectivity index (χ2n) is 4.66. The molecule has 3 aromatic rings. The van der Waals surface area contributed by atoms with Gasteiger partial charge in [-0.1, -0.05) is 16.8 Å². The van der Waals surface area contributed by atoms with E-state index in [0.29, 0.717) is 28.6 Å². The maximum absolute atomic E-state index is 13.7. The third-order valence-corrected chi connectivity index (χ3v) is 3.52. The van der Waals surface area contributed by atoms with Crippen LogP contribution >= 0.6 is 23.2 Å². The summed E-state index contributed by atoms with van der Waals surface area (Å²) in [5.41, 5.74) is 1.15. The lowest BCUT2D eigenvalue weighted by atomic mass is 10.3. The average molecular weight is 329 g/mol. The molecule has 0 fully saturated rings. The van der Waals surface area contributed by atoms with Gasteiger partial charge in [0.15, 0.2) is 5.82 Å². The maximum atomic E-state index is 13.7. The molecule has 1 aromatic carbocycles. The number of nitrogens with zero attached hydrogens (tertiary/aromatic N) is 4. The molecule has 110 valence electrons. The number of alkyl halides is 1. The van der Waals surface area contributed by atoms with Gasteiger partial charge >= 0.3 is 0 Å². The second kappa shape index (κ2) is 5.27. The fourth-order valence-corrected chi connectivity index (χ4v) is 2.47. The Morgan fingerprint density at radius 3 is 2.76 bits per heavy atom. The first-order valence-corrected chi connectivity index (χ1v) is 7.05. The number of aromatic nitrogens is 4. The smallest absolute Gasteiger partial charge is 0.246 e. The summed E-state index contributed by atoms with van der Waals surface area (Å²) in [5, 5.41) is 3.40. The molecular formula is C13H11Cl2FN4O. The molecule has 3 rings (SSSR count). The van der Waals surface area contributed by atoms with Gasteiger partial charge in [-0.25, -0.2) is 9.37 Å². The summed E-state index contributed by atoms with van der Waals surface area (Å²) in [5.74, 6) is 1.01. The normalized spacial score (nSPS) is 13.0. The maximum Gasteiger partial charge on any atom is 0.246 e. The lowest BCUT2D eigenvalue weighted by Gasteiger charge is -2.07. The van der Waals surface area contributed by atoms with Gasteiger partial charge in [0.25, 0.3) is 0 Å². The van der Waals surface area contributed by atoms with Gasteiger partial charge in [-0.2, -0.15) is 4.98 Å². The molecule has 0 N–H and O–H groups in total. The molecule has 0 spiro atoms. The van der Waals surface area contributed by atoms with Crippen molar-refractivity contribution in [2.45, 2.75) is 25.8 Å². The van der Waals surface area contributed by atoms with E-state index >= 15 is 0 Å². The van der Waals surface area contributed by atoms with Crippen molar-refractivity contribution in [1.82, 2.24) is 19.7 Å². The number of hydrogen-bond donors (Lipinski definition) is 0. The Morgan fingerprint density at radius 1 is 1.38 bits per heavy atom. The number of benzene rings is 1. The van der Waals surface area contributed by atoms with Crippen LogP contribution in [-0.2, 0) is 6.54 Å². The van der Waals surface area contributed by atoms with Crippen LogP contribution in [0.3, 0.4) is 0 Å². The average Bonchev–Trinajstić information content (AvgIpc) is 2.96. The molecule has 1 unspecified atom stereocenters. The van der Waals surface area contributed by atoms with Crippen LogP contribution in [0, 0.1) is 12.7 Å². The van der Waals surface area contributed by atoms with Crippen molar-refractivity contribution in [3.63, 3.8) is 0 Å². The van der Waals surface area contributed by atoms with Gasteiger partial charge in [-0.15, -0.1) is 11.6 Å². The summed E-state index contributed by atoms with van der Waals surface area (Å²) in [7, 11) is 0. The number of aryl methyl sites for hydroxylation is 1. The molecule has 0 aliphatic heterocycles. The number of halogens is 3. The predicted molar refractivity (Wildman–Crippen MR) is 77.1 cm³/mol. The number of rotatable bonds is 3. The largest absolute Gasteiger partial charge is 0.337 e. The van der Waals surface area contributed by atoms with Crippen molar-refractivity contribution >= 4 is 34.2 Å². The van der Waals surface area contributed by atoms with Gasteiger partial charge in [0, 0.05) is 6.07 Å². The lowest BCUT2D eigenvalue weighted by Crippen LogP contribution is -2.06. The molecule has 0 amide bonds. The van der Waals surface area contributed by atoms with Gasteiger partial charge in [0.05, 0.1) is 21.4 Å². The number of fused-ring (bicyclic) bond motifs is 1. The predicted octanol–water partition coefficient (Wildman–Crippen LogP) is 3.87. The standard InChI is InChI=1S/C13H11Cl2FN4O/c1-6(14)13-18-10-3-8(15)9(16)4-11(10)20(13)5-12-17-7(2)19-21-12/h3-4,6H,5H2,1-2H3. The number of hydrogen-bond acceptors (Lipinski definition) is 4. The Balaban J connectivity index is 2.17. The first kappa shape index (κ1) is 14.3. The molecule has 5 nitrogen and oxygen atoms in total. The molecule has 2 heterocycles. The van der Waals surface area contributed by atoms with E-state index in [9.17, 15) is 4.39 Å². The van der Waals surface area contributed by atoms with E-state index in [4.69, 9.17) is 27.7 Å². The van der Waals surface area contributed by atoms with Crippen LogP contribution < -0.4 is 0 Å². The van der Waals surface area contributed by atoms with Crippen LogP contribution in [0.25, 0.3) is 11.0 Å². The van der Waals surface area contributed by atoms with Crippen LogP contribution in [0.5, 0.6) is 0 Å². The monoisotopic (exact) mass is 328 g/mol. The molecule has 0 bridgehead atoms. The highest BCUT2D eigenvalue weighted by Crippen LogP contribution is 2.28. The Morgan fingerprint density at radius 2 is 2.14 bits per heavy atom. The summed E-state index contributed by atoms with van der Waals surface area (Å²) in [6, 6.07) is 2.81. The Kier molecular flexibility index (Phi) is 3.59. The zero-order valence-electron chi connectivity index (χ0n) is 11.3. The van der Waals surface area contributed by atoms with Crippen LogP contribution in [0.4, 0.5) is 4.39 Å². The molecule has 1 atom stereocenters. The minimum absolute atomic E-state index is 0.0227. The second-order valence-corrected chi connectivity index (χ2v) is 5.72. The fourth-order valence-electron chi connectivity index (χ4n) is 2.15. The van der Waals surface area contributed by atoms with E-state index in [-0.39, 0.29) is 16.9 Å². The third-order valence-electron chi connectivity index (χ3n) is 3.04. The molecule has 0 aliphatic carbocycles.